The molecule has 1 atom stereocenters. The third kappa shape index (κ3) is 4.52. The molecule has 0 bridgehead atoms. The van der Waals surface area contributed by atoms with E-state index in [4.69, 9.17) is 16.3 Å². The first kappa shape index (κ1) is 13.5. The maximum atomic E-state index is 9.33. The zero-order valence-corrected chi connectivity index (χ0v) is 10.4. The molecule has 3 heteroatoms. The standard InChI is InChI=1S/C13H19ClO2/c1-2-16-9-3-4-12(10-15)11-5-7-13(14)8-6-11/h5-8,12,15H,2-4,9-10H2,1H3. The van der Waals surface area contributed by atoms with Crippen LogP contribution in [0, 0.1) is 0 Å². The van der Waals surface area contributed by atoms with Crippen LogP contribution < -0.4 is 0 Å². The Kier molecular flexibility index (Phi) is 6.46. The minimum atomic E-state index is 0.174. The first-order valence-corrected chi connectivity index (χ1v) is 6.09. The van der Waals surface area contributed by atoms with Crippen LogP contribution in [0.3, 0.4) is 0 Å². The molecule has 0 amide bonds. The van der Waals surface area contributed by atoms with Crippen molar-refractivity contribution in [2.45, 2.75) is 25.7 Å². The molecule has 0 heterocycles. The maximum Gasteiger partial charge on any atom is 0.0499 e. The van der Waals surface area contributed by atoms with Crippen molar-refractivity contribution < 1.29 is 9.84 Å². The number of halogens is 1. The predicted octanol–water partition coefficient (Wildman–Crippen LogP) is 3.23. The summed E-state index contributed by atoms with van der Waals surface area (Å²) in [5.41, 5.74) is 1.14. The number of rotatable bonds is 7. The van der Waals surface area contributed by atoms with Crippen molar-refractivity contribution in [2.75, 3.05) is 19.8 Å². The third-order valence-corrected chi connectivity index (χ3v) is 2.86. The zero-order valence-electron chi connectivity index (χ0n) is 9.66. The monoisotopic (exact) mass is 242 g/mol. The lowest BCUT2D eigenvalue weighted by molar-refractivity contribution is 0.138. The largest absolute Gasteiger partial charge is 0.396 e. The van der Waals surface area contributed by atoms with Crippen LogP contribution in [0.25, 0.3) is 0 Å². The van der Waals surface area contributed by atoms with Crippen molar-refractivity contribution in [2.24, 2.45) is 0 Å². The summed E-state index contributed by atoms with van der Waals surface area (Å²) >= 11 is 5.82. The lowest BCUT2D eigenvalue weighted by Gasteiger charge is -2.14. The van der Waals surface area contributed by atoms with Gasteiger partial charge in [0.05, 0.1) is 0 Å². The summed E-state index contributed by atoms with van der Waals surface area (Å²) < 4.78 is 5.28. The molecule has 1 unspecified atom stereocenters. The highest BCUT2D eigenvalue weighted by Crippen LogP contribution is 2.22. The highest BCUT2D eigenvalue weighted by Gasteiger charge is 2.09. The molecule has 2 nitrogen and oxygen atoms in total. The summed E-state index contributed by atoms with van der Waals surface area (Å²) in [7, 11) is 0. The van der Waals surface area contributed by atoms with E-state index in [-0.39, 0.29) is 12.5 Å². The Bertz CT molecular complexity index is 284. The van der Waals surface area contributed by atoms with Crippen LogP contribution in [-0.4, -0.2) is 24.9 Å². The molecule has 1 rings (SSSR count). The van der Waals surface area contributed by atoms with Crippen molar-refractivity contribution in [1.29, 1.82) is 0 Å². The van der Waals surface area contributed by atoms with Crippen LogP contribution in [0.5, 0.6) is 0 Å². The fraction of sp³-hybridized carbons (Fsp3) is 0.538. The van der Waals surface area contributed by atoms with Crippen LogP contribution in [0.2, 0.25) is 5.02 Å². The van der Waals surface area contributed by atoms with Gasteiger partial charge in [-0.3, -0.25) is 0 Å². The molecule has 0 aliphatic carbocycles. The summed E-state index contributed by atoms with van der Waals surface area (Å²) in [4.78, 5) is 0. The molecule has 1 N–H and O–H groups in total. The van der Waals surface area contributed by atoms with Gasteiger partial charge in [0.25, 0.3) is 0 Å². The normalized spacial score (nSPS) is 12.7. The van der Waals surface area contributed by atoms with E-state index in [1.807, 2.05) is 31.2 Å². The number of ether oxygens (including phenoxy) is 1. The van der Waals surface area contributed by atoms with Gasteiger partial charge in [-0.15, -0.1) is 0 Å². The van der Waals surface area contributed by atoms with Gasteiger partial charge in [0.1, 0.15) is 0 Å². The molecule has 0 saturated heterocycles. The quantitative estimate of drug-likeness (QED) is 0.744. The molecule has 0 aliphatic heterocycles. The summed E-state index contributed by atoms with van der Waals surface area (Å²) in [6.07, 6.45) is 1.92. The average molecular weight is 243 g/mol. The summed E-state index contributed by atoms with van der Waals surface area (Å²) in [6.45, 7) is 3.68. The average Bonchev–Trinajstić information content (AvgIpc) is 2.31. The molecule has 16 heavy (non-hydrogen) atoms. The molecule has 0 fully saturated rings. The molecule has 0 saturated carbocycles. The van der Waals surface area contributed by atoms with E-state index in [0.717, 1.165) is 36.6 Å². The van der Waals surface area contributed by atoms with Crippen molar-refractivity contribution >= 4 is 11.6 Å². The van der Waals surface area contributed by atoms with Crippen LogP contribution in [0.1, 0.15) is 31.2 Å². The second kappa shape index (κ2) is 7.66. The van der Waals surface area contributed by atoms with E-state index < -0.39 is 0 Å². The van der Waals surface area contributed by atoms with Gasteiger partial charge in [-0.1, -0.05) is 23.7 Å². The second-order valence-corrected chi connectivity index (χ2v) is 4.21. The van der Waals surface area contributed by atoms with Gasteiger partial charge in [-0.25, -0.2) is 0 Å². The predicted molar refractivity (Wildman–Crippen MR) is 67.0 cm³/mol. The van der Waals surface area contributed by atoms with Crippen LogP contribution in [-0.2, 0) is 4.74 Å². The Morgan fingerprint density at radius 1 is 1.31 bits per heavy atom. The Balaban J connectivity index is 2.44. The third-order valence-electron chi connectivity index (χ3n) is 2.61. The number of hydrogen-bond donors (Lipinski definition) is 1. The van der Waals surface area contributed by atoms with Gasteiger partial charge in [-0.2, -0.15) is 0 Å². The molecule has 1 aromatic rings. The number of hydrogen-bond acceptors (Lipinski definition) is 2. The van der Waals surface area contributed by atoms with Crippen LogP contribution in [0.15, 0.2) is 24.3 Å². The highest BCUT2D eigenvalue weighted by molar-refractivity contribution is 6.30. The van der Waals surface area contributed by atoms with Crippen molar-refractivity contribution in [3.05, 3.63) is 34.9 Å². The van der Waals surface area contributed by atoms with E-state index in [0.29, 0.717) is 0 Å². The molecule has 0 aliphatic rings. The molecule has 0 aromatic heterocycles. The molecule has 1 aromatic carbocycles. The number of aliphatic hydroxyl groups excluding tert-OH is 1. The summed E-state index contributed by atoms with van der Waals surface area (Å²) in [5.74, 6) is 0.192. The van der Waals surface area contributed by atoms with Gasteiger partial charge >= 0.3 is 0 Å². The van der Waals surface area contributed by atoms with Crippen molar-refractivity contribution in [3.8, 4) is 0 Å². The number of aliphatic hydroxyl groups is 1. The molecular weight excluding hydrogens is 224 g/mol. The molecular formula is C13H19ClO2. The Labute approximate surface area is 102 Å². The lowest BCUT2D eigenvalue weighted by Crippen LogP contribution is -2.06. The number of benzene rings is 1. The van der Waals surface area contributed by atoms with E-state index in [2.05, 4.69) is 0 Å². The first-order chi connectivity index (χ1) is 7.77. The summed E-state index contributed by atoms with van der Waals surface area (Å²) in [5, 5.41) is 10.1. The van der Waals surface area contributed by atoms with Gasteiger partial charge in [0.15, 0.2) is 0 Å². The Morgan fingerprint density at radius 3 is 2.56 bits per heavy atom. The van der Waals surface area contributed by atoms with Gasteiger partial charge in [0, 0.05) is 30.8 Å². The van der Waals surface area contributed by atoms with Crippen LogP contribution in [0.4, 0.5) is 0 Å². The lowest BCUT2D eigenvalue weighted by atomic mass is 9.95. The van der Waals surface area contributed by atoms with E-state index in [1.54, 1.807) is 0 Å². The van der Waals surface area contributed by atoms with Crippen molar-refractivity contribution in [1.82, 2.24) is 0 Å². The van der Waals surface area contributed by atoms with Crippen LogP contribution >= 0.6 is 11.6 Å². The van der Waals surface area contributed by atoms with Crippen molar-refractivity contribution in [3.63, 3.8) is 0 Å². The molecule has 0 radical (unpaired) electrons. The second-order valence-electron chi connectivity index (χ2n) is 3.77. The minimum Gasteiger partial charge on any atom is -0.396 e. The van der Waals surface area contributed by atoms with E-state index in [1.165, 1.54) is 0 Å². The van der Waals surface area contributed by atoms with Gasteiger partial charge in [0.2, 0.25) is 0 Å². The topological polar surface area (TPSA) is 29.5 Å². The fourth-order valence-corrected chi connectivity index (χ4v) is 1.80. The smallest absolute Gasteiger partial charge is 0.0499 e. The van der Waals surface area contributed by atoms with E-state index in [9.17, 15) is 5.11 Å². The Morgan fingerprint density at radius 2 is 2.00 bits per heavy atom. The molecule has 90 valence electrons. The summed E-state index contributed by atoms with van der Waals surface area (Å²) in [6, 6.07) is 7.68. The minimum absolute atomic E-state index is 0.174. The molecule has 0 spiro atoms. The van der Waals surface area contributed by atoms with E-state index >= 15 is 0 Å². The maximum absolute atomic E-state index is 9.33. The first-order valence-electron chi connectivity index (χ1n) is 5.72. The zero-order chi connectivity index (χ0) is 11.8. The van der Waals surface area contributed by atoms with Gasteiger partial charge in [-0.05, 0) is 37.5 Å². The van der Waals surface area contributed by atoms with Gasteiger partial charge < -0.3 is 9.84 Å². The SMILES string of the molecule is CCOCCCC(CO)c1ccc(Cl)cc1. The Hall–Kier alpha value is -0.570. The fourth-order valence-electron chi connectivity index (χ4n) is 1.67. The highest BCUT2D eigenvalue weighted by atomic mass is 35.5.